The predicted octanol–water partition coefficient (Wildman–Crippen LogP) is 3.96. The first kappa shape index (κ1) is 15.1. The summed E-state index contributed by atoms with van der Waals surface area (Å²) in [6.45, 7) is 7.11. The number of hydrogen-bond acceptors (Lipinski definition) is 3. The summed E-state index contributed by atoms with van der Waals surface area (Å²) in [4.78, 5) is 10.8. The molecule has 0 bridgehead atoms. The Balaban J connectivity index is 1.94. The van der Waals surface area contributed by atoms with E-state index in [1.807, 2.05) is 0 Å². The topological polar surface area (TPSA) is 59.7 Å². The molecule has 0 amide bonds. The summed E-state index contributed by atoms with van der Waals surface area (Å²) in [5.74, 6) is 1.41. The summed E-state index contributed by atoms with van der Waals surface area (Å²) in [6, 6.07) is 3.16. The van der Waals surface area contributed by atoms with Gasteiger partial charge in [0, 0.05) is 0 Å². The number of carboxylic acid groups (broad SMARTS) is 1. The molecule has 1 aliphatic rings. The third-order valence-electron chi connectivity index (χ3n) is 4.27. The Bertz CT molecular complexity index is 449. The molecule has 0 radical (unpaired) electrons. The van der Waals surface area contributed by atoms with Crippen LogP contribution in [-0.4, -0.2) is 17.2 Å². The molecule has 4 heteroatoms. The highest BCUT2D eigenvalue weighted by Crippen LogP contribution is 2.35. The summed E-state index contributed by atoms with van der Waals surface area (Å²) < 4.78 is 11.3. The molecule has 1 aromatic rings. The zero-order valence-corrected chi connectivity index (χ0v) is 12.5. The van der Waals surface area contributed by atoms with Crippen molar-refractivity contribution in [3.05, 3.63) is 23.7 Å². The fourth-order valence-corrected chi connectivity index (χ4v) is 3.07. The zero-order chi connectivity index (χ0) is 14.7. The maximum atomic E-state index is 10.8. The average molecular weight is 280 g/mol. The maximum absolute atomic E-state index is 10.8. The molecule has 1 aliphatic carbocycles. The Labute approximate surface area is 120 Å². The largest absolute Gasteiger partial charge is 0.475 e. The molecule has 1 aromatic heterocycles. The van der Waals surface area contributed by atoms with Gasteiger partial charge in [0.25, 0.3) is 0 Å². The number of aromatic carboxylic acids is 1. The molecule has 0 saturated heterocycles. The van der Waals surface area contributed by atoms with E-state index in [2.05, 4.69) is 20.8 Å². The average Bonchev–Trinajstić information content (AvgIpc) is 2.85. The highest BCUT2D eigenvalue weighted by molar-refractivity contribution is 5.84. The first-order valence-corrected chi connectivity index (χ1v) is 7.41. The third-order valence-corrected chi connectivity index (χ3v) is 4.27. The third kappa shape index (κ3) is 3.63. The maximum Gasteiger partial charge on any atom is 0.371 e. The second-order valence-corrected chi connectivity index (χ2v) is 6.25. The van der Waals surface area contributed by atoms with Crippen LogP contribution in [0.2, 0.25) is 0 Å². The van der Waals surface area contributed by atoms with E-state index in [0.717, 1.165) is 6.42 Å². The van der Waals surface area contributed by atoms with Crippen LogP contribution in [0.5, 0.6) is 0 Å². The molecule has 2 rings (SSSR count). The molecule has 3 unspecified atom stereocenters. The van der Waals surface area contributed by atoms with E-state index in [1.54, 1.807) is 6.07 Å². The van der Waals surface area contributed by atoms with E-state index in [0.29, 0.717) is 30.1 Å². The lowest BCUT2D eigenvalue weighted by molar-refractivity contribution is -0.0524. The van der Waals surface area contributed by atoms with Gasteiger partial charge < -0.3 is 14.3 Å². The SMILES string of the molecule is CC1CCC(C(C)C)C(OCc2ccc(C(=O)O)o2)C1. The van der Waals surface area contributed by atoms with Gasteiger partial charge in [0.1, 0.15) is 12.4 Å². The van der Waals surface area contributed by atoms with Gasteiger partial charge in [-0.15, -0.1) is 0 Å². The monoisotopic (exact) mass is 280 g/mol. The van der Waals surface area contributed by atoms with Gasteiger partial charge in [-0.25, -0.2) is 4.79 Å². The van der Waals surface area contributed by atoms with Crippen LogP contribution in [0.4, 0.5) is 0 Å². The first-order chi connectivity index (χ1) is 9.47. The summed E-state index contributed by atoms with van der Waals surface area (Å²) in [6.07, 6.45) is 3.81. The molecule has 1 saturated carbocycles. The van der Waals surface area contributed by atoms with Crippen LogP contribution in [0.15, 0.2) is 16.5 Å². The van der Waals surface area contributed by atoms with E-state index in [1.165, 1.54) is 18.9 Å². The minimum absolute atomic E-state index is 0.0268. The number of rotatable bonds is 5. The fraction of sp³-hybridized carbons (Fsp3) is 0.688. The molecule has 1 N–H and O–H groups in total. The Morgan fingerprint density at radius 3 is 2.80 bits per heavy atom. The van der Waals surface area contributed by atoms with Gasteiger partial charge in [-0.3, -0.25) is 0 Å². The van der Waals surface area contributed by atoms with Gasteiger partial charge >= 0.3 is 5.97 Å². The molecule has 0 aliphatic heterocycles. The molecule has 112 valence electrons. The Kier molecular flexibility index (Phi) is 4.86. The van der Waals surface area contributed by atoms with E-state index in [9.17, 15) is 4.79 Å². The van der Waals surface area contributed by atoms with Crippen molar-refractivity contribution in [1.29, 1.82) is 0 Å². The van der Waals surface area contributed by atoms with Crippen molar-refractivity contribution in [2.75, 3.05) is 0 Å². The quantitative estimate of drug-likeness (QED) is 0.887. The summed E-state index contributed by atoms with van der Waals surface area (Å²) >= 11 is 0. The lowest BCUT2D eigenvalue weighted by Crippen LogP contribution is -2.34. The number of furan rings is 1. The Hall–Kier alpha value is -1.29. The van der Waals surface area contributed by atoms with Crippen LogP contribution >= 0.6 is 0 Å². The van der Waals surface area contributed by atoms with E-state index >= 15 is 0 Å². The molecule has 1 fully saturated rings. The van der Waals surface area contributed by atoms with Crippen LogP contribution in [0.1, 0.15) is 56.3 Å². The lowest BCUT2D eigenvalue weighted by atomic mass is 9.75. The van der Waals surface area contributed by atoms with Gasteiger partial charge in [0.15, 0.2) is 0 Å². The molecule has 0 aromatic carbocycles. The Morgan fingerprint density at radius 1 is 1.45 bits per heavy atom. The lowest BCUT2D eigenvalue weighted by Gasteiger charge is -2.37. The van der Waals surface area contributed by atoms with Crippen molar-refractivity contribution < 1.29 is 19.1 Å². The molecule has 20 heavy (non-hydrogen) atoms. The highest BCUT2D eigenvalue weighted by Gasteiger charge is 2.31. The van der Waals surface area contributed by atoms with Crippen molar-refractivity contribution in [3.8, 4) is 0 Å². The zero-order valence-electron chi connectivity index (χ0n) is 12.5. The minimum atomic E-state index is -1.04. The second-order valence-electron chi connectivity index (χ2n) is 6.25. The molecule has 1 heterocycles. The normalized spacial score (nSPS) is 26.9. The van der Waals surface area contributed by atoms with Gasteiger partial charge in [-0.05, 0) is 42.7 Å². The van der Waals surface area contributed by atoms with Crippen LogP contribution in [0, 0.1) is 17.8 Å². The number of ether oxygens (including phenoxy) is 1. The number of carbonyl (C=O) groups is 1. The van der Waals surface area contributed by atoms with Crippen molar-refractivity contribution in [2.24, 2.45) is 17.8 Å². The minimum Gasteiger partial charge on any atom is -0.475 e. The van der Waals surface area contributed by atoms with Crippen molar-refractivity contribution in [1.82, 2.24) is 0 Å². The first-order valence-electron chi connectivity index (χ1n) is 7.41. The van der Waals surface area contributed by atoms with Crippen LogP contribution in [-0.2, 0) is 11.3 Å². The summed E-state index contributed by atoms with van der Waals surface area (Å²) in [5, 5.41) is 8.83. The summed E-state index contributed by atoms with van der Waals surface area (Å²) in [7, 11) is 0. The van der Waals surface area contributed by atoms with Gasteiger partial charge in [-0.1, -0.05) is 27.2 Å². The highest BCUT2D eigenvalue weighted by atomic mass is 16.5. The second kappa shape index (κ2) is 6.44. The van der Waals surface area contributed by atoms with E-state index < -0.39 is 5.97 Å². The number of hydrogen-bond donors (Lipinski definition) is 1. The van der Waals surface area contributed by atoms with Gasteiger partial charge in [0.05, 0.1) is 6.10 Å². The standard InChI is InChI=1S/C16H24O4/c1-10(2)13-6-4-11(3)8-15(13)19-9-12-5-7-14(20-12)16(17)18/h5,7,10-11,13,15H,4,6,8-9H2,1-3H3,(H,17,18). The molecule has 0 spiro atoms. The van der Waals surface area contributed by atoms with Gasteiger partial charge in [0.2, 0.25) is 5.76 Å². The van der Waals surface area contributed by atoms with Crippen molar-refractivity contribution in [2.45, 2.75) is 52.7 Å². The van der Waals surface area contributed by atoms with Crippen LogP contribution in [0.25, 0.3) is 0 Å². The predicted molar refractivity (Wildman–Crippen MR) is 75.6 cm³/mol. The van der Waals surface area contributed by atoms with Crippen LogP contribution in [0.3, 0.4) is 0 Å². The number of carboxylic acids is 1. The fourth-order valence-electron chi connectivity index (χ4n) is 3.07. The molecular weight excluding hydrogens is 256 g/mol. The van der Waals surface area contributed by atoms with E-state index in [4.69, 9.17) is 14.3 Å². The molecule has 4 nitrogen and oxygen atoms in total. The Morgan fingerprint density at radius 2 is 2.20 bits per heavy atom. The summed E-state index contributed by atoms with van der Waals surface area (Å²) in [5.41, 5.74) is 0. The van der Waals surface area contributed by atoms with Gasteiger partial charge in [-0.2, -0.15) is 0 Å². The van der Waals surface area contributed by atoms with Crippen molar-refractivity contribution in [3.63, 3.8) is 0 Å². The molecule has 3 atom stereocenters. The van der Waals surface area contributed by atoms with Crippen molar-refractivity contribution >= 4 is 5.97 Å². The smallest absolute Gasteiger partial charge is 0.371 e. The molecular formula is C16H24O4. The van der Waals surface area contributed by atoms with E-state index in [-0.39, 0.29) is 11.9 Å². The van der Waals surface area contributed by atoms with Crippen LogP contribution < -0.4 is 0 Å².